The number of hydrogen-bond acceptors (Lipinski definition) is 1. The van der Waals surface area contributed by atoms with E-state index in [1.165, 1.54) is 0 Å². The Morgan fingerprint density at radius 1 is 1.33 bits per heavy atom. The van der Waals surface area contributed by atoms with Gasteiger partial charge in [0, 0.05) is 26.2 Å². The summed E-state index contributed by atoms with van der Waals surface area (Å²) in [5.74, 6) is 0. The van der Waals surface area contributed by atoms with Crippen LogP contribution in [0.15, 0.2) is 0 Å². The summed E-state index contributed by atoms with van der Waals surface area (Å²) in [5.41, 5.74) is 0. The molecule has 0 aromatic rings. The topological polar surface area (TPSA) is 57.5 Å². The summed E-state index contributed by atoms with van der Waals surface area (Å²) in [6, 6.07) is 0. The monoisotopic (exact) mass is 328 g/mol. The molecule has 0 unspecified atom stereocenters. The first-order valence-electron chi connectivity index (χ1n) is 0.651. The van der Waals surface area contributed by atoms with Crippen LogP contribution < -0.4 is 0 Å². The SMILES string of the molecule is [BaH2].[O]=[Ti]([OH])[OH].[Zr]. The van der Waals surface area contributed by atoms with Crippen molar-refractivity contribution in [2.45, 2.75) is 0 Å². The second-order valence-corrected chi connectivity index (χ2v) is 1.17. The molecule has 0 rings (SSSR count). The van der Waals surface area contributed by atoms with Crippen molar-refractivity contribution >= 4 is 48.9 Å². The average Bonchev–Trinajstić information content (AvgIpc) is 0.811. The van der Waals surface area contributed by atoms with Crippen LogP contribution in [0.5, 0.6) is 0 Å². The molecular weight excluding hydrogens is 324 g/mol. The molecule has 6 heteroatoms. The minimum absolute atomic E-state index is 0. The van der Waals surface area contributed by atoms with Crippen LogP contribution in [0.1, 0.15) is 0 Å². The molecule has 0 aromatic carbocycles. The third-order valence-electron chi connectivity index (χ3n) is 0. The van der Waals surface area contributed by atoms with E-state index in [-0.39, 0.29) is 75.1 Å². The van der Waals surface area contributed by atoms with Gasteiger partial charge in [0.25, 0.3) is 0 Å². The van der Waals surface area contributed by atoms with E-state index in [1.807, 2.05) is 0 Å². The zero-order valence-electron chi connectivity index (χ0n) is 2.30. The van der Waals surface area contributed by atoms with Crippen molar-refractivity contribution in [2.75, 3.05) is 0 Å². The summed E-state index contributed by atoms with van der Waals surface area (Å²) in [6.07, 6.45) is 0. The summed E-state index contributed by atoms with van der Waals surface area (Å²) in [5, 5.41) is 0. The first-order valence-corrected chi connectivity index (χ1v) is 2.69. The van der Waals surface area contributed by atoms with Crippen LogP contribution in [0.25, 0.3) is 0 Å². The van der Waals surface area contributed by atoms with Crippen LogP contribution in [-0.4, -0.2) is 56.3 Å². The van der Waals surface area contributed by atoms with Crippen molar-refractivity contribution in [1.82, 2.24) is 0 Å². The maximum absolute atomic E-state index is 8.81. The molecule has 2 N–H and O–H groups in total. The molecule has 32 valence electrons. The van der Waals surface area contributed by atoms with Crippen molar-refractivity contribution < 1.29 is 55.5 Å². The van der Waals surface area contributed by atoms with Gasteiger partial charge < -0.3 is 0 Å². The van der Waals surface area contributed by atoms with Crippen molar-refractivity contribution in [1.29, 1.82) is 0 Å². The maximum atomic E-state index is 8.81. The van der Waals surface area contributed by atoms with Gasteiger partial charge in [0.15, 0.2) is 0 Å². The Hall–Kier alpha value is 2.89. The van der Waals surface area contributed by atoms with E-state index in [4.69, 9.17) is 10.7 Å². The van der Waals surface area contributed by atoms with Crippen molar-refractivity contribution in [3.8, 4) is 0 Å². The Kier molecular flexibility index (Phi) is 28.7. The van der Waals surface area contributed by atoms with E-state index in [0.29, 0.717) is 0 Å². The first-order chi connectivity index (χ1) is 1.73. The molecule has 0 saturated heterocycles. The van der Waals surface area contributed by atoms with Gasteiger partial charge in [-0.05, 0) is 0 Å². The predicted molar refractivity (Wildman–Crippen MR) is 13.7 cm³/mol. The fraction of sp³-hybridized carbons (Fsp3) is 0. The molecule has 0 aromatic heterocycles. The van der Waals surface area contributed by atoms with E-state index in [0.717, 1.165) is 0 Å². The van der Waals surface area contributed by atoms with Crippen molar-refractivity contribution in [3.63, 3.8) is 0 Å². The molecule has 0 aliphatic rings. The smallest absolute Gasteiger partial charge is 0 e. The Balaban J connectivity index is -0.0000000450. The summed E-state index contributed by atoms with van der Waals surface area (Å²) in [6.45, 7) is 0. The quantitative estimate of drug-likeness (QED) is 0.499. The van der Waals surface area contributed by atoms with Gasteiger partial charge in [0.2, 0.25) is 0 Å². The van der Waals surface area contributed by atoms with Crippen LogP contribution in [-0.2, 0) is 48.1 Å². The third kappa shape index (κ3) is 28.6. The summed E-state index contributed by atoms with van der Waals surface area (Å²) < 4.78 is 23.2. The Morgan fingerprint density at radius 3 is 1.33 bits per heavy atom. The minimum Gasteiger partial charge on any atom is 0 e. The second kappa shape index (κ2) is 10.8. The van der Waals surface area contributed by atoms with E-state index in [9.17, 15) is 0 Å². The van der Waals surface area contributed by atoms with Crippen LogP contribution in [0.3, 0.4) is 0 Å². The zero-order chi connectivity index (χ0) is 3.58. The largest absolute Gasteiger partial charge is 0 e. The van der Waals surface area contributed by atoms with Crippen LogP contribution in [0.2, 0.25) is 0 Å². The second-order valence-electron chi connectivity index (χ2n) is 0.283. The Labute approximate surface area is 102 Å². The molecule has 0 spiro atoms. The van der Waals surface area contributed by atoms with Gasteiger partial charge in [-0.25, -0.2) is 0 Å². The Bertz CT molecular complexity index is 33.8. The molecule has 0 atom stereocenters. The van der Waals surface area contributed by atoms with Gasteiger partial charge in [-0.1, -0.05) is 0 Å². The zero-order valence-corrected chi connectivity index (χ0v) is 6.32. The van der Waals surface area contributed by atoms with Gasteiger partial charge in [-0.15, -0.1) is 0 Å². The molecule has 0 radical (unpaired) electrons. The maximum Gasteiger partial charge on any atom is 0 e. The summed E-state index contributed by atoms with van der Waals surface area (Å²) in [4.78, 5) is 0. The minimum atomic E-state index is -3.58. The summed E-state index contributed by atoms with van der Waals surface area (Å²) in [7, 11) is 0. The molecule has 6 heavy (non-hydrogen) atoms. The van der Waals surface area contributed by atoms with Gasteiger partial charge in [-0.2, -0.15) is 0 Å². The molecule has 0 aliphatic carbocycles. The molecule has 0 amide bonds. The van der Waals surface area contributed by atoms with Gasteiger partial charge in [0.05, 0.1) is 0 Å². The molecule has 0 aliphatic heterocycles. The summed E-state index contributed by atoms with van der Waals surface area (Å²) >= 11 is -3.58. The van der Waals surface area contributed by atoms with E-state index < -0.39 is 18.6 Å². The predicted octanol–water partition coefficient (Wildman–Crippen LogP) is -2.15. The fourth-order valence-corrected chi connectivity index (χ4v) is 0. The third-order valence-corrected chi connectivity index (χ3v) is 0. The number of hydrogen-bond donors (Lipinski definition) is 2. The molecule has 0 saturated carbocycles. The van der Waals surface area contributed by atoms with Crippen LogP contribution >= 0.6 is 0 Å². The van der Waals surface area contributed by atoms with E-state index in [1.54, 1.807) is 0 Å². The van der Waals surface area contributed by atoms with E-state index in [2.05, 4.69) is 0 Å². The molecule has 0 bridgehead atoms. The Morgan fingerprint density at radius 2 is 1.33 bits per heavy atom. The van der Waals surface area contributed by atoms with Gasteiger partial charge >= 0.3 is 78.2 Å². The van der Waals surface area contributed by atoms with Crippen molar-refractivity contribution in [3.05, 3.63) is 0 Å². The van der Waals surface area contributed by atoms with Crippen molar-refractivity contribution in [2.24, 2.45) is 0 Å². The van der Waals surface area contributed by atoms with Crippen LogP contribution in [0, 0.1) is 0 Å². The molecule has 3 nitrogen and oxygen atoms in total. The molecular formula is H4BaO3TiZr. The average molecular weight is 328 g/mol. The molecule has 0 fully saturated rings. The standard InChI is InChI=1S/Ba.2H2O.O.Ti.Zr.2H/h;2*1H2;;;;;/q;;;;+2;;;/p-2. The van der Waals surface area contributed by atoms with Gasteiger partial charge in [0.1, 0.15) is 0 Å². The number of rotatable bonds is 0. The van der Waals surface area contributed by atoms with Gasteiger partial charge in [-0.3, -0.25) is 0 Å². The van der Waals surface area contributed by atoms with Crippen LogP contribution in [0.4, 0.5) is 0 Å². The van der Waals surface area contributed by atoms with E-state index >= 15 is 0 Å². The fourth-order valence-electron chi connectivity index (χ4n) is 0. The first kappa shape index (κ1) is 16.0. The molecule has 0 heterocycles. The normalized spacial score (nSPS) is 4.33.